The number of nitrogens with zero attached hydrogens (tertiary/aromatic N) is 1. The molecule has 0 aromatic heterocycles. The van der Waals surface area contributed by atoms with Gasteiger partial charge in [0.1, 0.15) is 6.54 Å². The van der Waals surface area contributed by atoms with Gasteiger partial charge in [0, 0.05) is 13.5 Å². The summed E-state index contributed by atoms with van der Waals surface area (Å²) in [6.07, 6.45) is 26.3. The van der Waals surface area contributed by atoms with Crippen LogP contribution >= 0.6 is 0 Å². The van der Waals surface area contributed by atoms with Gasteiger partial charge < -0.3 is 15.4 Å². The molecule has 6 nitrogen and oxygen atoms in total. The molecule has 0 heterocycles. The van der Waals surface area contributed by atoms with Gasteiger partial charge >= 0.3 is 11.9 Å². The van der Waals surface area contributed by atoms with Crippen molar-refractivity contribution >= 4 is 17.9 Å². The smallest absolute Gasteiger partial charge is 0.333 e. The van der Waals surface area contributed by atoms with Crippen LogP contribution in [0.5, 0.6) is 0 Å². The summed E-state index contributed by atoms with van der Waals surface area (Å²) in [7, 11) is 1.50. The van der Waals surface area contributed by atoms with Crippen LogP contribution in [0.2, 0.25) is 0 Å². The minimum Gasteiger partial charge on any atom is -0.392 e. The topological polar surface area (TPSA) is 96.5 Å². The number of nitrogens with two attached hydrogens (primary N) is 1. The predicted molar refractivity (Wildman–Crippen MR) is 134 cm³/mol. The van der Waals surface area contributed by atoms with Gasteiger partial charge in [-0.15, -0.1) is 0 Å². The monoisotopic (exact) mass is 451 g/mol. The lowest BCUT2D eigenvalue weighted by Crippen LogP contribution is -2.37. The highest BCUT2D eigenvalue weighted by molar-refractivity contribution is 5.88. The molecule has 0 atom stereocenters. The number of carbonyl (C=O) groups is 2. The summed E-state index contributed by atoms with van der Waals surface area (Å²) in [4.78, 5) is 24.4. The van der Waals surface area contributed by atoms with Crippen molar-refractivity contribution in [1.82, 2.24) is 4.90 Å². The second kappa shape index (κ2) is 22.3. The first-order valence-electron chi connectivity index (χ1n) is 12.9. The maximum Gasteiger partial charge on any atom is 0.333 e. The molecule has 0 aromatic rings. The summed E-state index contributed by atoms with van der Waals surface area (Å²) in [5.74, 6) is -1.39. The summed E-state index contributed by atoms with van der Waals surface area (Å²) in [6, 6.07) is 0. The zero-order valence-corrected chi connectivity index (χ0v) is 20.8. The number of allylic oxidation sites excluding steroid dienone is 2. The molecular weight excluding hydrogens is 402 g/mol. The number of esters is 2. The Labute approximate surface area is 196 Å². The maximum atomic E-state index is 11.6. The van der Waals surface area contributed by atoms with Crippen molar-refractivity contribution < 1.29 is 14.3 Å². The van der Waals surface area contributed by atoms with Gasteiger partial charge in [0.2, 0.25) is 0 Å². The van der Waals surface area contributed by atoms with Crippen LogP contribution in [-0.2, 0) is 14.3 Å². The fourth-order valence-electron chi connectivity index (χ4n) is 3.54. The van der Waals surface area contributed by atoms with Gasteiger partial charge in [-0.1, -0.05) is 96.1 Å². The van der Waals surface area contributed by atoms with E-state index in [-0.39, 0.29) is 18.9 Å². The molecular formula is C26H49N3O3. The van der Waals surface area contributed by atoms with Crippen LogP contribution in [0.15, 0.2) is 12.2 Å². The van der Waals surface area contributed by atoms with Gasteiger partial charge in [0.15, 0.2) is 5.96 Å². The number of nitrogens with one attached hydrogen (secondary N) is 1. The second-order valence-corrected chi connectivity index (χ2v) is 8.84. The molecule has 0 aliphatic carbocycles. The highest BCUT2D eigenvalue weighted by Gasteiger charge is 2.13. The van der Waals surface area contributed by atoms with Crippen LogP contribution in [0.3, 0.4) is 0 Å². The normalized spacial score (nSPS) is 11.1. The Morgan fingerprint density at radius 2 is 1.19 bits per heavy atom. The Kier molecular flexibility index (Phi) is 21.1. The Balaban J connectivity index is 3.34. The number of carbonyl (C=O) groups excluding carboxylic acids is 2. The lowest BCUT2D eigenvalue weighted by atomic mass is 10.1. The fraction of sp³-hybridized carbons (Fsp3) is 0.808. The molecule has 186 valence electrons. The molecule has 0 radical (unpaired) electrons. The fourth-order valence-corrected chi connectivity index (χ4v) is 3.54. The average molecular weight is 452 g/mol. The molecule has 0 saturated heterocycles. The molecule has 32 heavy (non-hydrogen) atoms. The van der Waals surface area contributed by atoms with E-state index in [4.69, 9.17) is 15.9 Å². The van der Waals surface area contributed by atoms with Crippen molar-refractivity contribution in [3.63, 3.8) is 0 Å². The van der Waals surface area contributed by atoms with E-state index in [1.165, 1.54) is 102 Å². The van der Waals surface area contributed by atoms with Crippen molar-refractivity contribution in [3.8, 4) is 0 Å². The van der Waals surface area contributed by atoms with Crippen LogP contribution < -0.4 is 5.73 Å². The van der Waals surface area contributed by atoms with Gasteiger partial charge in [0.25, 0.3) is 0 Å². The average Bonchev–Trinajstić information content (AvgIpc) is 2.75. The van der Waals surface area contributed by atoms with E-state index in [0.29, 0.717) is 0 Å². The van der Waals surface area contributed by atoms with Crippen molar-refractivity contribution in [1.29, 1.82) is 5.41 Å². The lowest BCUT2D eigenvalue weighted by Gasteiger charge is -2.14. The first-order valence-corrected chi connectivity index (χ1v) is 12.9. The van der Waals surface area contributed by atoms with E-state index < -0.39 is 11.9 Å². The number of unbranched alkanes of at least 4 members (excludes halogenated alkanes) is 15. The van der Waals surface area contributed by atoms with Crippen molar-refractivity contribution in [2.75, 3.05) is 13.6 Å². The molecule has 3 N–H and O–H groups in total. The first-order chi connectivity index (χ1) is 15.5. The quantitative estimate of drug-likeness (QED) is 0.0520. The van der Waals surface area contributed by atoms with Gasteiger partial charge in [-0.2, -0.15) is 0 Å². The minimum atomic E-state index is -0.666. The van der Waals surface area contributed by atoms with Crippen LogP contribution in [0.4, 0.5) is 0 Å². The molecule has 0 aliphatic heterocycles. The van der Waals surface area contributed by atoms with E-state index in [2.05, 4.69) is 19.1 Å². The number of guanidine groups is 1. The molecule has 0 amide bonds. The van der Waals surface area contributed by atoms with E-state index in [1.807, 2.05) is 0 Å². The Hall–Kier alpha value is -1.85. The van der Waals surface area contributed by atoms with Gasteiger partial charge in [0.05, 0.1) is 0 Å². The van der Waals surface area contributed by atoms with Crippen LogP contribution in [-0.4, -0.2) is 36.4 Å². The van der Waals surface area contributed by atoms with Crippen LogP contribution in [0.25, 0.3) is 0 Å². The van der Waals surface area contributed by atoms with Crippen molar-refractivity contribution in [2.24, 2.45) is 5.73 Å². The highest BCUT2D eigenvalue weighted by Crippen LogP contribution is 2.12. The van der Waals surface area contributed by atoms with Crippen molar-refractivity contribution in [2.45, 2.75) is 122 Å². The Morgan fingerprint density at radius 1 is 0.750 bits per heavy atom. The lowest BCUT2D eigenvalue weighted by molar-refractivity contribution is -0.159. The van der Waals surface area contributed by atoms with Crippen molar-refractivity contribution in [3.05, 3.63) is 12.2 Å². The molecule has 0 unspecified atom stereocenters. The Morgan fingerprint density at radius 3 is 1.66 bits per heavy atom. The SMILES string of the molecule is CCCCCCCC/C=C/CCCCCCCCCCCC(=O)OC(=O)CN(C)C(=N)N. The van der Waals surface area contributed by atoms with E-state index >= 15 is 0 Å². The molecule has 0 saturated carbocycles. The van der Waals surface area contributed by atoms with Gasteiger partial charge in [-0.3, -0.25) is 10.2 Å². The van der Waals surface area contributed by atoms with E-state index in [0.717, 1.165) is 19.3 Å². The van der Waals surface area contributed by atoms with Crippen LogP contribution in [0, 0.1) is 5.41 Å². The number of likely N-dealkylation sites (N-methyl/N-ethyl adjacent to an activating group) is 1. The molecule has 6 heteroatoms. The van der Waals surface area contributed by atoms with Gasteiger partial charge in [-0.05, 0) is 32.1 Å². The zero-order chi connectivity index (χ0) is 23.9. The second-order valence-electron chi connectivity index (χ2n) is 8.84. The van der Waals surface area contributed by atoms with Gasteiger partial charge in [-0.25, -0.2) is 4.79 Å². The summed E-state index contributed by atoms with van der Waals surface area (Å²) in [5, 5.41) is 7.18. The highest BCUT2D eigenvalue weighted by atomic mass is 16.6. The number of hydrogen-bond donors (Lipinski definition) is 2. The third-order valence-electron chi connectivity index (χ3n) is 5.65. The van der Waals surface area contributed by atoms with Crippen LogP contribution in [0.1, 0.15) is 122 Å². The van der Waals surface area contributed by atoms with E-state index in [9.17, 15) is 9.59 Å². The summed E-state index contributed by atoms with van der Waals surface area (Å²) < 4.78 is 4.73. The number of ether oxygens (including phenoxy) is 1. The molecule has 0 rings (SSSR count). The largest absolute Gasteiger partial charge is 0.392 e. The number of hydrogen-bond acceptors (Lipinski definition) is 4. The molecule has 0 spiro atoms. The number of rotatable bonds is 21. The zero-order valence-electron chi connectivity index (χ0n) is 20.8. The molecule has 0 aliphatic rings. The molecule has 0 aromatic carbocycles. The standard InChI is InChI=1S/C26H49N3O3/c1-3-4-5-6-7-8-9-10-11-12-13-14-15-16-17-18-19-20-21-22-24(30)32-25(31)23-29(2)26(27)28/h10-11H,3-9,12-23H2,1-2H3,(H3,27,28)/b11-10+. The molecule has 0 bridgehead atoms. The minimum absolute atomic E-state index is 0.184. The summed E-state index contributed by atoms with van der Waals surface area (Å²) in [5.41, 5.74) is 5.24. The third-order valence-corrected chi connectivity index (χ3v) is 5.65. The summed E-state index contributed by atoms with van der Waals surface area (Å²) >= 11 is 0. The third kappa shape index (κ3) is 21.4. The Bertz CT molecular complexity index is 520. The molecule has 0 fully saturated rings. The maximum absolute atomic E-state index is 11.6. The van der Waals surface area contributed by atoms with E-state index in [1.54, 1.807) is 0 Å². The predicted octanol–water partition coefficient (Wildman–Crippen LogP) is 6.48. The first kappa shape index (κ1) is 30.1. The summed E-state index contributed by atoms with van der Waals surface area (Å²) in [6.45, 7) is 2.08.